The number of aliphatic imine (C=N–C) groups is 1. The first-order valence-electron chi connectivity index (χ1n) is 7.02. The second kappa shape index (κ2) is 9.87. The molecule has 2 N–H and O–H groups in total. The molecular weight excluding hydrogens is 377 g/mol. The Bertz CT molecular complexity index is 441. The minimum Gasteiger partial charge on any atom is -0.497 e. The maximum atomic E-state index is 5.22. The second-order valence-electron chi connectivity index (χ2n) is 6.01. The monoisotopic (exact) mass is 405 g/mol. The highest BCUT2D eigenvalue weighted by molar-refractivity contribution is 14.0. The van der Waals surface area contributed by atoms with Gasteiger partial charge in [-0.15, -0.1) is 24.0 Å². The number of benzene rings is 1. The molecule has 0 amide bonds. The molecule has 0 saturated heterocycles. The summed E-state index contributed by atoms with van der Waals surface area (Å²) < 4.78 is 5.22. The quantitative estimate of drug-likeness (QED) is 0.449. The normalized spacial score (nSPS) is 11.6. The van der Waals surface area contributed by atoms with E-state index in [0.29, 0.717) is 5.41 Å². The van der Waals surface area contributed by atoms with E-state index >= 15 is 0 Å². The van der Waals surface area contributed by atoms with Gasteiger partial charge in [-0.05, 0) is 29.5 Å². The van der Waals surface area contributed by atoms with Crippen LogP contribution in [0.2, 0.25) is 0 Å². The third-order valence-corrected chi connectivity index (χ3v) is 2.99. The average molecular weight is 405 g/mol. The number of halogens is 1. The molecule has 4 nitrogen and oxygen atoms in total. The molecular formula is C16H28IN3O. The first-order valence-corrected chi connectivity index (χ1v) is 7.02. The van der Waals surface area contributed by atoms with Gasteiger partial charge in [-0.3, -0.25) is 4.99 Å². The van der Waals surface area contributed by atoms with Crippen molar-refractivity contribution in [3.05, 3.63) is 29.8 Å². The Morgan fingerprint density at radius 3 is 2.52 bits per heavy atom. The lowest BCUT2D eigenvalue weighted by Crippen LogP contribution is -2.38. The van der Waals surface area contributed by atoms with Crippen LogP contribution in [0.15, 0.2) is 29.3 Å². The topological polar surface area (TPSA) is 45.7 Å². The summed E-state index contributed by atoms with van der Waals surface area (Å²) in [6.45, 7) is 8.36. The zero-order valence-electron chi connectivity index (χ0n) is 13.7. The van der Waals surface area contributed by atoms with Crippen LogP contribution < -0.4 is 15.4 Å². The first kappa shape index (κ1) is 20.0. The highest BCUT2D eigenvalue weighted by atomic mass is 127. The molecule has 1 aromatic carbocycles. The van der Waals surface area contributed by atoms with Gasteiger partial charge in [0.25, 0.3) is 0 Å². The largest absolute Gasteiger partial charge is 0.497 e. The summed E-state index contributed by atoms with van der Waals surface area (Å²) >= 11 is 0. The fourth-order valence-corrected chi connectivity index (χ4v) is 1.74. The van der Waals surface area contributed by atoms with Crippen LogP contribution in [0.1, 0.15) is 32.8 Å². The van der Waals surface area contributed by atoms with Gasteiger partial charge in [0, 0.05) is 20.1 Å². The Balaban J connectivity index is 0.00000400. The minimum atomic E-state index is 0. The lowest BCUT2D eigenvalue weighted by Gasteiger charge is -2.19. The molecule has 0 atom stereocenters. The Kier molecular flexibility index (Phi) is 9.41. The zero-order valence-corrected chi connectivity index (χ0v) is 16.0. The molecule has 0 aliphatic heterocycles. The predicted molar refractivity (Wildman–Crippen MR) is 101 cm³/mol. The molecule has 21 heavy (non-hydrogen) atoms. The molecule has 120 valence electrons. The van der Waals surface area contributed by atoms with Crippen molar-refractivity contribution in [1.29, 1.82) is 0 Å². The number of ether oxygens (including phenoxy) is 1. The van der Waals surface area contributed by atoms with Crippen LogP contribution in [0.5, 0.6) is 5.75 Å². The fraction of sp³-hybridized carbons (Fsp3) is 0.562. The van der Waals surface area contributed by atoms with Gasteiger partial charge >= 0.3 is 0 Å². The van der Waals surface area contributed by atoms with E-state index < -0.39 is 0 Å². The molecule has 5 heteroatoms. The highest BCUT2D eigenvalue weighted by Gasteiger charge is 2.09. The Morgan fingerprint density at radius 1 is 1.24 bits per heavy atom. The van der Waals surface area contributed by atoms with E-state index in [1.807, 2.05) is 18.2 Å². The molecule has 0 aliphatic carbocycles. The highest BCUT2D eigenvalue weighted by Crippen LogP contribution is 2.16. The average Bonchev–Trinajstić information content (AvgIpc) is 2.41. The Hall–Kier alpha value is -0.980. The molecule has 0 saturated carbocycles. The van der Waals surface area contributed by atoms with Crippen molar-refractivity contribution in [2.45, 2.75) is 33.7 Å². The molecule has 0 fully saturated rings. The van der Waals surface area contributed by atoms with Crippen molar-refractivity contribution >= 4 is 29.9 Å². The summed E-state index contributed by atoms with van der Waals surface area (Å²) in [5.74, 6) is 1.71. The maximum Gasteiger partial charge on any atom is 0.191 e. The standard InChI is InChI=1S/C16H27N3O.HI/c1-16(2,3)9-10-18-15(17-4)19-12-13-7-6-8-14(11-13)20-5;/h6-8,11H,9-10,12H2,1-5H3,(H2,17,18,19);1H. The predicted octanol–water partition coefficient (Wildman–Crippen LogP) is 3.41. The van der Waals surface area contributed by atoms with Crippen molar-refractivity contribution in [3.63, 3.8) is 0 Å². The van der Waals surface area contributed by atoms with Crippen LogP contribution >= 0.6 is 24.0 Å². The second-order valence-corrected chi connectivity index (χ2v) is 6.01. The number of guanidine groups is 1. The lowest BCUT2D eigenvalue weighted by molar-refractivity contribution is 0.377. The van der Waals surface area contributed by atoms with Gasteiger partial charge in [-0.2, -0.15) is 0 Å². The number of hydrogen-bond donors (Lipinski definition) is 2. The van der Waals surface area contributed by atoms with E-state index in [1.54, 1.807) is 14.2 Å². The van der Waals surface area contributed by atoms with Gasteiger partial charge in [0.2, 0.25) is 0 Å². The van der Waals surface area contributed by atoms with Crippen LogP contribution in [0, 0.1) is 5.41 Å². The van der Waals surface area contributed by atoms with Crippen molar-refractivity contribution in [2.75, 3.05) is 20.7 Å². The van der Waals surface area contributed by atoms with Gasteiger partial charge in [-0.25, -0.2) is 0 Å². The van der Waals surface area contributed by atoms with E-state index in [0.717, 1.165) is 31.2 Å². The Labute approximate surface area is 145 Å². The van der Waals surface area contributed by atoms with Crippen molar-refractivity contribution in [2.24, 2.45) is 10.4 Å². The molecule has 0 aliphatic rings. The SMILES string of the molecule is CN=C(NCCC(C)(C)C)NCc1cccc(OC)c1.I. The molecule has 0 radical (unpaired) electrons. The Morgan fingerprint density at radius 2 is 1.95 bits per heavy atom. The van der Waals surface area contributed by atoms with Crippen molar-refractivity contribution in [3.8, 4) is 5.75 Å². The van der Waals surface area contributed by atoms with Crippen LogP contribution in [0.3, 0.4) is 0 Å². The van der Waals surface area contributed by atoms with Crippen LogP contribution in [0.4, 0.5) is 0 Å². The molecule has 0 unspecified atom stereocenters. The molecule has 0 aromatic heterocycles. The molecule has 1 rings (SSSR count). The van der Waals surface area contributed by atoms with E-state index in [9.17, 15) is 0 Å². The molecule has 0 heterocycles. The van der Waals surface area contributed by atoms with Gasteiger partial charge in [0.15, 0.2) is 5.96 Å². The summed E-state index contributed by atoms with van der Waals surface area (Å²) in [7, 11) is 3.47. The number of nitrogens with one attached hydrogen (secondary N) is 2. The van der Waals surface area contributed by atoms with Crippen molar-refractivity contribution < 1.29 is 4.74 Å². The smallest absolute Gasteiger partial charge is 0.191 e. The van der Waals surface area contributed by atoms with Gasteiger partial charge in [0.1, 0.15) is 5.75 Å². The third kappa shape index (κ3) is 8.80. The molecule has 1 aromatic rings. The maximum absolute atomic E-state index is 5.22. The van der Waals surface area contributed by atoms with E-state index in [4.69, 9.17) is 4.74 Å². The van der Waals surface area contributed by atoms with Gasteiger partial charge < -0.3 is 15.4 Å². The first-order chi connectivity index (χ1) is 9.44. The third-order valence-electron chi connectivity index (χ3n) is 2.99. The number of nitrogens with zero attached hydrogens (tertiary/aromatic N) is 1. The summed E-state index contributed by atoms with van der Waals surface area (Å²) in [6, 6.07) is 8.03. The zero-order chi connectivity index (χ0) is 15.0. The van der Waals surface area contributed by atoms with Gasteiger partial charge in [0.05, 0.1) is 7.11 Å². The number of rotatable bonds is 5. The van der Waals surface area contributed by atoms with Crippen LogP contribution in [0.25, 0.3) is 0 Å². The fourth-order valence-electron chi connectivity index (χ4n) is 1.74. The molecule has 0 bridgehead atoms. The van der Waals surface area contributed by atoms with E-state index in [1.165, 1.54) is 5.56 Å². The number of hydrogen-bond acceptors (Lipinski definition) is 2. The van der Waals surface area contributed by atoms with Crippen molar-refractivity contribution in [1.82, 2.24) is 10.6 Å². The van der Waals surface area contributed by atoms with E-state index in [2.05, 4.69) is 42.5 Å². The van der Waals surface area contributed by atoms with Crippen LogP contribution in [-0.4, -0.2) is 26.7 Å². The van der Waals surface area contributed by atoms with Crippen LogP contribution in [-0.2, 0) is 6.54 Å². The molecule has 0 spiro atoms. The minimum absolute atomic E-state index is 0. The summed E-state index contributed by atoms with van der Waals surface area (Å²) in [6.07, 6.45) is 1.10. The number of methoxy groups -OCH3 is 1. The summed E-state index contributed by atoms with van der Waals surface area (Å²) in [4.78, 5) is 4.23. The van der Waals surface area contributed by atoms with Gasteiger partial charge in [-0.1, -0.05) is 32.9 Å². The lowest BCUT2D eigenvalue weighted by atomic mass is 9.92. The summed E-state index contributed by atoms with van der Waals surface area (Å²) in [5.41, 5.74) is 1.50. The summed E-state index contributed by atoms with van der Waals surface area (Å²) in [5, 5.41) is 6.64. The van der Waals surface area contributed by atoms with E-state index in [-0.39, 0.29) is 24.0 Å².